The molecule has 0 atom stereocenters. The van der Waals surface area contributed by atoms with E-state index >= 15 is 0 Å². The van der Waals surface area contributed by atoms with Crippen molar-refractivity contribution in [3.05, 3.63) is 65.5 Å². The number of benzene rings is 2. The quantitative estimate of drug-likeness (QED) is 0.665. The fraction of sp³-hybridized carbons (Fsp3) is 0.391. The van der Waals surface area contributed by atoms with Gasteiger partial charge < -0.3 is 4.90 Å². The number of rotatable bonds is 5. The van der Waals surface area contributed by atoms with Gasteiger partial charge in [0.1, 0.15) is 5.82 Å². The van der Waals surface area contributed by atoms with Crippen LogP contribution in [0.3, 0.4) is 0 Å². The molecule has 1 heterocycles. The first-order chi connectivity index (χ1) is 14.7. The van der Waals surface area contributed by atoms with E-state index in [1.54, 1.807) is 17.0 Å². The van der Waals surface area contributed by atoms with Crippen LogP contribution in [-0.2, 0) is 20.2 Å². The summed E-state index contributed by atoms with van der Waals surface area (Å²) < 4.78 is 41.1. The van der Waals surface area contributed by atoms with Crippen LogP contribution in [0.4, 0.5) is 4.39 Å². The van der Waals surface area contributed by atoms with Crippen molar-refractivity contribution in [2.75, 3.05) is 26.2 Å². The Hall–Kier alpha value is -2.58. The van der Waals surface area contributed by atoms with E-state index in [9.17, 15) is 22.4 Å². The summed E-state index contributed by atoms with van der Waals surface area (Å²) in [6.45, 7) is 2.41. The average Bonchev–Trinajstić information content (AvgIpc) is 2.73. The number of carbonyl (C=O) groups is 2. The lowest BCUT2D eigenvalue weighted by Gasteiger charge is -2.45. The fourth-order valence-corrected chi connectivity index (χ4v) is 5.81. The van der Waals surface area contributed by atoms with Crippen LogP contribution >= 0.6 is 0 Å². The molecule has 0 unspecified atom stereocenters. The number of sulfonamides is 1. The molecule has 1 aliphatic heterocycles. The van der Waals surface area contributed by atoms with E-state index in [2.05, 4.69) is 0 Å². The first-order valence-electron chi connectivity index (χ1n) is 10.4. The minimum absolute atomic E-state index is 0.0489. The highest BCUT2D eigenvalue weighted by Crippen LogP contribution is 2.45. The van der Waals surface area contributed by atoms with Crippen molar-refractivity contribution in [1.82, 2.24) is 9.21 Å². The molecular formula is C23H25FN2O4S. The lowest BCUT2D eigenvalue weighted by atomic mass is 9.63. The van der Waals surface area contributed by atoms with Crippen LogP contribution < -0.4 is 0 Å². The molecule has 0 spiro atoms. The topological polar surface area (TPSA) is 74.8 Å². The number of halogens is 1. The third-order valence-electron chi connectivity index (χ3n) is 6.42. The van der Waals surface area contributed by atoms with Gasteiger partial charge in [-0.05, 0) is 49.6 Å². The van der Waals surface area contributed by atoms with Gasteiger partial charge in [0.05, 0.1) is 10.3 Å². The first-order valence-corrected chi connectivity index (χ1v) is 11.8. The zero-order valence-corrected chi connectivity index (χ0v) is 18.2. The summed E-state index contributed by atoms with van der Waals surface area (Å²) in [4.78, 5) is 26.6. The Morgan fingerprint density at radius 1 is 0.968 bits per heavy atom. The van der Waals surface area contributed by atoms with E-state index in [1.807, 2.05) is 0 Å². The van der Waals surface area contributed by atoms with Gasteiger partial charge >= 0.3 is 0 Å². The summed E-state index contributed by atoms with van der Waals surface area (Å²) in [5.41, 5.74) is 0.452. The van der Waals surface area contributed by atoms with Crippen LogP contribution in [0, 0.1) is 5.82 Å². The predicted molar refractivity (Wildman–Crippen MR) is 114 cm³/mol. The lowest BCUT2D eigenvalue weighted by molar-refractivity contribution is -0.142. The molecule has 1 saturated heterocycles. The molecule has 1 saturated carbocycles. The van der Waals surface area contributed by atoms with Crippen LogP contribution in [0.1, 0.15) is 42.1 Å². The van der Waals surface area contributed by atoms with Crippen molar-refractivity contribution < 1.29 is 22.4 Å². The van der Waals surface area contributed by atoms with Gasteiger partial charge in [0.15, 0.2) is 5.78 Å². The Bertz CT molecular complexity index is 1100. The SMILES string of the molecule is CC(=O)c1ccc(S(=O)(=O)N2CCN(C(=O)C3(c4cccc(F)c4)CCC3)CC2)cc1. The summed E-state index contributed by atoms with van der Waals surface area (Å²) in [7, 11) is -3.70. The fourth-order valence-electron chi connectivity index (χ4n) is 4.39. The highest BCUT2D eigenvalue weighted by molar-refractivity contribution is 7.89. The summed E-state index contributed by atoms with van der Waals surface area (Å²) in [6, 6.07) is 12.1. The molecule has 2 aromatic carbocycles. The van der Waals surface area contributed by atoms with Crippen LogP contribution in [-0.4, -0.2) is 55.5 Å². The van der Waals surface area contributed by atoms with Gasteiger partial charge in [-0.15, -0.1) is 0 Å². The number of ketones is 1. The van der Waals surface area contributed by atoms with E-state index in [0.717, 1.165) is 6.42 Å². The molecule has 2 aromatic rings. The second-order valence-electron chi connectivity index (χ2n) is 8.22. The molecule has 1 aliphatic carbocycles. The van der Waals surface area contributed by atoms with Crippen molar-refractivity contribution in [1.29, 1.82) is 0 Å². The van der Waals surface area contributed by atoms with Crippen molar-refractivity contribution in [2.45, 2.75) is 36.5 Å². The van der Waals surface area contributed by atoms with Gasteiger partial charge in [-0.25, -0.2) is 12.8 Å². The third kappa shape index (κ3) is 3.90. The molecule has 0 N–H and O–H groups in total. The van der Waals surface area contributed by atoms with E-state index in [4.69, 9.17) is 0 Å². The molecule has 4 rings (SSSR count). The molecule has 31 heavy (non-hydrogen) atoms. The molecule has 0 bridgehead atoms. The molecule has 0 aromatic heterocycles. The number of amides is 1. The number of hydrogen-bond donors (Lipinski definition) is 0. The number of hydrogen-bond acceptors (Lipinski definition) is 4. The molecule has 8 heteroatoms. The van der Waals surface area contributed by atoms with Gasteiger partial charge in [0.2, 0.25) is 15.9 Å². The van der Waals surface area contributed by atoms with E-state index < -0.39 is 15.4 Å². The summed E-state index contributed by atoms with van der Waals surface area (Å²) in [6.07, 6.45) is 2.26. The summed E-state index contributed by atoms with van der Waals surface area (Å²) in [5, 5.41) is 0. The maximum Gasteiger partial charge on any atom is 0.243 e. The van der Waals surface area contributed by atoms with E-state index in [0.29, 0.717) is 37.1 Å². The Balaban J connectivity index is 1.46. The molecule has 2 fully saturated rings. The van der Waals surface area contributed by atoms with Crippen LogP contribution in [0.15, 0.2) is 53.4 Å². The highest BCUT2D eigenvalue weighted by Gasteiger charge is 2.48. The average molecular weight is 445 g/mol. The van der Waals surface area contributed by atoms with Gasteiger partial charge in [-0.1, -0.05) is 30.7 Å². The number of piperazine rings is 1. The number of Topliss-reactive ketones (excluding diaryl/α,β-unsaturated/α-hetero) is 1. The molecule has 1 amide bonds. The minimum atomic E-state index is -3.70. The van der Waals surface area contributed by atoms with E-state index in [-0.39, 0.29) is 35.5 Å². The Kier molecular flexibility index (Phi) is 5.70. The highest BCUT2D eigenvalue weighted by atomic mass is 32.2. The van der Waals surface area contributed by atoms with Gasteiger partial charge in [0.25, 0.3) is 0 Å². The molecule has 164 valence electrons. The van der Waals surface area contributed by atoms with E-state index in [1.165, 1.54) is 47.6 Å². The zero-order chi connectivity index (χ0) is 22.2. The smallest absolute Gasteiger partial charge is 0.243 e. The molecular weight excluding hydrogens is 419 g/mol. The Labute approximate surface area is 181 Å². The molecule has 0 radical (unpaired) electrons. The minimum Gasteiger partial charge on any atom is -0.339 e. The third-order valence-corrected chi connectivity index (χ3v) is 8.33. The van der Waals surface area contributed by atoms with Gasteiger partial charge in [0, 0.05) is 31.7 Å². The van der Waals surface area contributed by atoms with Gasteiger partial charge in [-0.3, -0.25) is 9.59 Å². The monoisotopic (exact) mass is 444 g/mol. The van der Waals surface area contributed by atoms with Crippen molar-refractivity contribution in [2.24, 2.45) is 0 Å². The largest absolute Gasteiger partial charge is 0.339 e. The van der Waals surface area contributed by atoms with Crippen molar-refractivity contribution >= 4 is 21.7 Å². The first kappa shape index (κ1) is 21.6. The van der Waals surface area contributed by atoms with Gasteiger partial charge in [-0.2, -0.15) is 4.31 Å². The second-order valence-corrected chi connectivity index (χ2v) is 10.2. The molecule has 6 nitrogen and oxygen atoms in total. The lowest BCUT2D eigenvalue weighted by Crippen LogP contribution is -2.57. The number of nitrogens with zero attached hydrogens (tertiary/aromatic N) is 2. The summed E-state index contributed by atoms with van der Waals surface area (Å²) in [5.74, 6) is -0.533. The van der Waals surface area contributed by atoms with Crippen molar-refractivity contribution in [3.8, 4) is 0 Å². The Morgan fingerprint density at radius 3 is 2.13 bits per heavy atom. The summed E-state index contributed by atoms with van der Waals surface area (Å²) >= 11 is 0. The normalized spacial score (nSPS) is 19.0. The molecule has 2 aliphatic rings. The standard InChI is InChI=1S/C23H25FN2O4S/c1-17(27)18-6-8-21(9-7-18)31(29,30)26-14-12-25(13-15-26)22(28)23(10-3-11-23)19-4-2-5-20(24)16-19/h2,4-9,16H,3,10-15H2,1H3. The van der Waals surface area contributed by atoms with Crippen molar-refractivity contribution in [3.63, 3.8) is 0 Å². The maximum absolute atomic E-state index is 13.8. The second kappa shape index (κ2) is 8.16. The zero-order valence-electron chi connectivity index (χ0n) is 17.4. The Morgan fingerprint density at radius 2 is 1.61 bits per heavy atom. The van der Waals surface area contributed by atoms with Crippen LogP contribution in [0.2, 0.25) is 0 Å². The number of carbonyl (C=O) groups excluding carboxylic acids is 2. The van der Waals surface area contributed by atoms with Crippen LogP contribution in [0.25, 0.3) is 0 Å². The van der Waals surface area contributed by atoms with Crippen LogP contribution in [0.5, 0.6) is 0 Å². The maximum atomic E-state index is 13.8. The predicted octanol–water partition coefficient (Wildman–Crippen LogP) is 2.98.